The molecule has 0 aromatic heterocycles. The van der Waals surface area contributed by atoms with Crippen molar-refractivity contribution < 1.29 is 14.8 Å². The van der Waals surface area contributed by atoms with Gasteiger partial charge in [-0.15, -0.1) is 0 Å². The Morgan fingerprint density at radius 3 is 2.03 bits per heavy atom. The summed E-state index contributed by atoms with van der Waals surface area (Å²) in [5.41, 5.74) is 0.0365. The summed E-state index contributed by atoms with van der Waals surface area (Å²) in [6, 6.07) is 12.4. The molecule has 3 aromatic rings. The minimum absolute atomic E-state index is 0.112. The van der Waals surface area contributed by atoms with E-state index >= 15 is 0 Å². The van der Waals surface area contributed by atoms with Crippen molar-refractivity contribution in [2.24, 2.45) is 4.99 Å². The first-order valence-corrected chi connectivity index (χ1v) is 8.75. The van der Waals surface area contributed by atoms with Gasteiger partial charge in [0.25, 0.3) is 17.1 Å². The molecule has 0 saturated heterocycles. The van der Waals surface area contributed by atoms with Crippen LogP contribution in [-0.2, 0) is 0 Å². The molecule has 3 aromatic carbocycles. The van der Waals surface area contributed by atoms with E-state index in [0.29, 0.717) is 11.3 Å². The van der Waals surface area contributed by atoms with E-state index in [-0.39, 0.29) is 33.1 Å². The van der Waals surface area contributed by atoms with E-state index in [2.05, 4.69) is 4.99 Å². The molecule has 0 unspecified atom stereocenters. The van der Waals surface area contributed by atoms with Gasteiger partial charge in [-0.2, -0.15) is 0 Å². The Labute approximate surface area is 172 Å². The van der Waals surface area contributed by atoms with E-state index in [1.165, 1.54) is 24.3 Å². The molecule has 0 bridgehead atoms. The quantitative estimate of drug-likeness (QED) is 0.325. The summed E-state index contributed by atoms with van der Waals surface area (Å²) in [5.74, 6) is 0. The molecule has 1 aliphatic carbocycles. The fourth-order valence-corrected chi connectivity index (χ4v) is 3.50. The maximum absolute atomic E-state index is 11.7. The lowest BCUT2D eigenvalue weighted by Crippen LogP contribution is -2.01. The van der Waals surface area contributed by atoms with Crippen LogP contribution in [0, 0.1) is 30.3 Å². The van der Waals surface area contributed by atoms with Gasteiger partial charge in [0.2, 0.25) is 0 Å². The summed E-state index contributed by atoms with van der Waals surface area (Å²) in [7, 11) is 0. The monoisotopic (exact) mass is 424 g/mol. The number of hydrogen-bond acceptors (Lipinski definition) is 7. The molecule has 4 rings (SSSR count). The Morgan fingerprint density at radius 2 is 1.40 bits per heavy atom. The number of benzene rings is 3. The number of aliphatic imine (C=N–C) groups is 1. The molecule has 10 nitrogen and oxygen atoms in total. The molecule has 1 aliphatic rings. The van der Waals surface area contributed by atoms with Crippen molar-refractivity contribution in [3.8, 4) is 11.1 Å². The summed E-state index contributed by atoms with van der Waals surface area (Å²) >= 11 is 6.17. The van der Waals surface area contributed by atoms with Gasteiger partial charge in [-0.3, -0.25) is 30.3 Å². The maximum Gasteiger partial charge on any atom is 0.284 e. The van der Waals surface area contributed by atoms with E-state index in [4.69, 9.17) is 11.6 Å². The van der Waals surface area contributed by atoms with Gasteiger partial charge in [-0.05, 0) is 23.8 Å². The Balaban J connectivity index is 2.11. The average molecular weight is 425 g/mol. The summed E-state index contributed by atoms with van der Waals surface area (Å²) < 4.78 is 0. The van der Waals surface area contributed by atoms with Gasteiger partial charge in [0.05, 0.1) is 42.8 Å². The molecule has 0 amide bonds. The zero-order chi connectivity index (χ0) is 21.6. The lowest BCUT2D eigenvalue weighted by molar-refractivity contribution is -0.393. The van der Waals surface area contributed by atoms with E-state index in [1.807, 2.05) is 0 Å². The molecule has 0 radical (unpaired) electrons. The number of nitrogens with zero attached hydrogens (tertiary/aromatic N) is 4. The number of nitro groups is 3. The SMILES string of the molecule is O=[N+]([O-])c1ccc2c(c1)C(=Nc1ccccc1Cl)c1cc([N+](=O)[O-])cc([N+](=O)[O-])c1-2. The van der Waals surface area contributed by atoms with Crippen LogP contribution in [0.4, 0.5) is 22.7 Å². The molecule has 30 heavy (non-hydrogen) atoms. The van der Waals surface area contributed by atoms with Gasteiger partial charge >= 0.3 is 0 Å². The molecule has 0 N–H and O–H groups in total. The maximum atomic E-state index is 11.7. The average Bonchev–Trinajstić information content (AvgIpc) is 3.01. The van der Waals surface area contributed by atoms with Crippen molar-refractivity contribution >= 4 is 40.1 Å². The highest BCUT2D eigenvalue weighted by Gasteiger charge is 2.36. The zero-order valence-electron chi connectivity index (χ0n) is 14.8. The molecule has 0 atom stereocenters. The topological polar surface area (TPSA) is 142 Å². The van der Waals surface area contributed by atoms with E-state index in [9.17, 15) is 30.3 Å². The van der Waals surface area contributed by atoms with Gasteiger partial charge in [0, 0.05) is 29.3 Å². The van der Waals surface area contributed by atoms with Gasteiger partial charge in [0.15, 0.2) is 0 Å². The molecule has 0 fully saturated rings. The number of hydrogen-bond donors (Lipinski definition) is 0. The minimum atomic E-state index is -0.744. The van der Waals surface area contributed by atoms with Gasteiger partial charge in [-0.1, -0.05) is 23.7 Å². The Morgan fingerprint density at radius 1 is 0.733 bits per heavy atom. The highest BCUT2D eigenvalue weighted by molar-refractivity contribution is 6.34. The molecule has 0 spiro atoms. The number of para-hydroxylation sites is 1. The molecular formula is C19H9ClN4O6. The highest BCUT2D eigenvalue weighted by Crippen LogP contribution is 2.46. The minimum Gasteiger partial charge on any atom is -0.258 e. The second-order valence-electron chi connectivity index (χ2n) is 6.30. The molecular weight excluding hydrogens is 416 g/mol. The third-order valence-electron chi connectivity index (χ3n) is 4.59. The number of rotatable bonds is 4. The summed E-state index contributed by atoms with van der Waals surface area (Å²) in [4.78, 5) is 36.6. The first kappa shape index (κ1) is 19.2. The Hall–Kier alpha value is -4.18. The molecule has 11 heteroatoms. The van der Waals surface area contributed by atoms with Gasteiger partial charge in [-0.25, -0.2) is 4.99 Å². The molecule has 0 heterocycles. The van der Waals surface area contributed by atoms with Crippen LogP contribution in [0.3, 0.4) is 0 Å². The van der Waals surface area contributed by atoms with E-state index in [1.54, 1.807) is 24.3 Å². The van der Waals surface area contributed by atoms with Crippen molar-refractivity contribution in [2.45, 2.75) is 0 Å². The lowest BCUT2D eigenvalue weighted by Gasteiger charge is -2.04. The molecule has 148 valence electrons. The normalized spacial score (nSPS) is 13.0. The lowest BCUT2D eigenvalue weighted by atomic mass is 10.0. The van der Waals surface area contributed by atoms with Crippen LogP contribution in [0.1, 0.15) is 11.1 Å². The zero-order valence-corrected chi connectivity index (χ0v) is 15.6. The van der Waals surface area contributed by atoms with Crippen LogP contribution in [0.5, 0.6) is 0 Å². The fourth-order valence-electron chi connectivity index (χ4n) is 3.32. The first-order valence-electron chi connectivity index (χ1n) is 8.37. The fraction of sp³-hybridized carbons (Fsp3) is 0. The largest absolute Gasteiger partial charge is 0.284 e. The smallest absolute Gasteiger partial charge is 0.258 e. The first-order chi connectivity index (χ1) is 14.3. The van der Waals surface area contributed by atoms with Crippen LogP contribution in [-0.4, -0.2) is 20.5 Å². The molecule has 0 aliphatic heterocycles. The van der Waals surface area contributed by atoms with Gasteiger partial charge in [0.1, 0.15) is 0 Å². The second-order valence-corrected chi connectivity index (χ2v) is 6.71. The van der Waals surface area contributed by atoms with Crippen molar-refractivity contribution in [2.75, 3.05) is 0 Å². The van der Waals surface area contributed by atoms with Crippen molar-refractivity contribution in [1.29, 1.82) is 0 Å². The second kappa shape index (κ2) is 7.01. The Bertz CT molecular complexity index is 1300. The third-order valence-corrected chi connectivity index (χ3v) is 4.91. The number of halogens is 1. The summed E-state index contributed by atoms with van der Waals surface area (Å²) in [6.45, 7) is 0. The van der Waals surface area contributed by atoms with Crippen LogP contribution in [0.2, 0.25) is 5.02 Å². The van der Waals surface area contributed by atoms with Gasteiger partial charge < -0.3 is 0 Å². The van der Waals surface area contributed by atoms with E-state index in [0.717, 1.165) is 6.07 Å². The number of nitro benzene ring substituents is 3. The predicted octanol–water partition coefficient (Wildman–Crippen LogP) is 5.21. The van der Waals surface area contributed by atoms with E-state index < -0.39 is 26.1 Å². The summed E-state index contributed by atoms with van der Waals surface area (Å²) in [5, 5.41) is 34.5. The van der Waals surface area contributed by atoms with Crippen LogP contribution >= 0.6 is 11.6 Å². The highest BCUT2D eigenvalue weighted by atomic mass is 35.5. The summed E-state index contributed by atoms with van der Waals surface area (Å²) in [6.07, 6.45) is 0. The number of fused-ring (bicyclic) bond motifs is 3. The van der Waals surface area contributed by atoms with Crippen molar-refractivity contribution in [1.82, 2.24) is 0 Å². The predicted molar refractivity (Wildman–Crippen MR) is 109 cm³/mol. The van der Waals surface area contributed by atoms with Crippen molar-refractivity contribution in [3.63, 3.8) is 0 Å². The van der Waals surface area contributed by atoms with Crippen LogP contribution in [0.25, 0.3) is 11.1 Å². The van der Waals surface area contributed by atoms with Crippen LogP contribution < -0.4 is 0 Å². The third kappa shape index (κ3) is 3.05. The van der Waals surface area contributed by atoms with Crippen molar-refractivity contribution in [3.05, 3.63) is 101 Å². The van der Waals surface area contributed by atoms with Crippen LogP contribution in [0.15, 0.2) is 59.6 Å². The molecule has 0 saturated carbocycles. The standard InChI is InChI=1S/C19H9ClN4O6/c20-15-3-1-2-4-16(15)21-19-13-7-10(22(25)26)5-6-12(13)18-14(19)8-11(23(27)28)9-17(18)24(29)30/h1-9H. The number of non-ortho nitro benzene ring substituents is 2. The Kier molecular flexibility index (Phi) is 4.47.